The van der Waals surface area contributed by atoms with Crippen molar-refractivity contribution in [3.63, 3.8) is 0 Å². The molecule has 0 saturated heterocycles. The molecule has 43 heavy (non-hydrogen) atoms. The lowest BCUT2D eigenvalue weighted by molar-refractivity contribution is -0.123. The molecule has 1 heterocycles. The van der Waals surface area contributed by atoms with Gasteiger partial charge in [-0.3, -0.25) is 14.5 Å². The van der Waals surface area contributed by atoms with E-state index in [1.54, 1.807) is 24.3 Å². The molecule has 3 aromatic carbocycles. The number of ether oxygens (including phenoxy) is 2. The van der Waals surface area contributed by atoms with Crippen molar-refractivity contribution in [3.8, 4) is 28.3 Å². The van der Waals surface area contributed by atoms with Crippen molar-refractivity contribution in [3.05, 3.63) is 96.7 Å². The van der Waals surface area contributed by atoms with Crippen LogP contribution in [0.3, 0.4) is 0 Å². The normalized spacial score (nSPS) is 11.3. The summed E-state index contributed by atoms with van der Waals surface area (Å²) in [6, 6.07) is 27.0. The van der Waals surface area contributed by atoms with E-state index in [0.717, 1.165) is 34.8 Å². The Morgan fingerprint density at radius 1 is 0.884 bits per heavy atom. The molecule has 0 unspecified atom stereocenters. The Balaban J connectivity index is 1.31. The van der Waals surface area contributed by atoms with Crippen LogP contribution in [0.1, 0.15) is 32.3 Å². The van der Waals surface area contributed by atoms with Crippen molar-refractivity contribution < 1.29 is 22.7 Å². The Labute approximate surface area is 254 Å². The summed E-state index contributed by atoms with van der Waals surface area (Å²) in [7, 11) is -2.42. The third kappa shape index (κ3) is 9.10. The lowest BCUT2D eigenvalue weighted by Gasteiger charge is -2.28. The highest BCUT2D eigenvalue weighted by molar-refractivity contribution is 7.89. The van der Waals surface area contributed by atoms with Crippen LogP contribution in [0.4, 0.5) is 5.82 Å². The van der Waals surface area contributed by atoms with Crippen LogP contribution in [0, 0.1) is 0 Å². The van der Waals surface area contributed by atoms with Gasteiger partial charge in [-0.25, -0.2) is 13.4 Å². The van der Waals surface area contributed by atoms with Crippen LogP contribution in [0.2, 0.25) is 0 Å². The van der Waals surface area contributed by atoms with Crippen molar-refractivity contribution in [1.29, 1.82) is 0 Å². The largest absolute Gasteiger partial charge is 0.496 e. The molecule has 1 aromatic heterocycles. The molecule has 4 rings (SSSR count). The maximum Gasteiger partial charge on any atom is 0.259 e. The number of benzene rings is 3. The highest BCUT2D eigenvalue weighted by atomic mass is 32.2. The number of anilines is 1. The van der Waals surface area contributed by atoms with Gasteiger partial charge in [-0.15, -0.1) is 0 Å². The minimum atomic E-state index is -3.89. The molecule has 0 saturated carbocycles. The van der Waals surface area contributed by atoms with Crippen molar-refractivity contribution in [2.24, 2.45) is 0 Å². The van der Waals surface area contributed by atoms with E-state index in [9.17, 15) is 13.2 Å². The number of para-hydroxylation sites is 1. The summed E-state index contributed by atoms with van der Waals surface area (Å²) < 4.78 is 37.6. The number of rotatable bonds is 15. The van der Waals surface area contributed by atoms with Crippen molar-refractivity contribution in [2.75, 3.05) is 31.8 Å². The van der Waals surface area contributed by atoms with E-state index < -0.39 is 15.9 Å². The van der Waals surface area contributed by atoms with Gasteiger partial charge >= 0.3 is 0 Å². The van der Waals surface area contributed by atoms with Crippen LogP contribution in [-0.2, 0) is 25.3 Å². The molecular formula is C33H38N4O5S. The summed E-state index contributed by atoms with van der Waals surface area (Å²) in [5, 5.41) is 0. The van der Waals surface area contributed by atoms with Crippen molar-refractivity contribution >= 4 is 21.7 Å². The van der Waals surface area contributed by atoms with Gasteiger partial charge in [0.05, 0.1) is 30.4 Å². The van der Waals surface area contributed by atoms with Gasteiger partial charge in [-0.1, -0.05) is 78.9 Å². The highest BCUT2D eigenvalue weighted by Crippen LogP contribution is 2.31. The van der Waals surface area contributed by atoms with E-state index in [4.69, 9.17) is 19.4 Å². The minimum absolute atomic E-state index is 0.181. The van der Waals surface area contributed by atoms with Crippen LogP contribution in [0.5, 0.6) is 5.75 Å². The number of carbonyl (C=O) groups is 1. The predicted molar refractivity (Wildman–Crippen MR) is 169 cm³/mol. The second-order valence-electron chi connectivity index (χ2n) is 10.3. The number of methoxy groups -OCH3 is 1. The number of nitrogens with zero attached hydrogens (tertiary/aromatic N) is 3. The van der Waals surface area contributed by atoms with Crippen LogP contribution >= 0.6 is 0 Å². The second kappa shape index (κ2) is 15.3. The Bertz CT molecular complexity index is 1580. The van der Waals surface area contributed by atoms with Crippen LogP contribution < -0.4 is 14.4 Å². The third-order valence-electron chi connectivity index (χ3n) is 6.75. The number of hydrogen-bond acceptors (Lipinski definition) is 8. The van der Waals surface area contributed by atoms with Crippen LogP contribution in [0.15, 0.2) is 91.1 Å². The number of hydrogen-bond donors (Lipinski definition) is 1. The summed E-state index contributed by atoms with van der Waals surface area (Å²) in [4.78, 5) is 24.3. The maximum absolute atomic E-state index is 12.4. The monoisotopic (exact) mass is 602 g/mol. The molecule has 1 N–H and O–H groups in total. The summed E-state index contributed by atoms with van der Waals surface area (Å²) in [5.41, 5.74) is 4.12. The van der Waals surface area contributed by atoms with E-state index in [1.807, 2.05) is 66.9 Å². The van der Waals surface area contributed by atoms with E-state index in [-0.39, 0.29) is 18.4 Å². The summed E-state index contributed by atoms with van der Waals surface area (Å²) >= 11 is 0. The molecule has 4 aromatic rings. The zero-order valence-electron chi connectivity index (χ0n) is 24.8. The first-order valence-corrected chi connectivity index (χ1v) is 15.9. The lowest BCUT2D eigenvalue weighted by Crippen LogP contribution is -2.34. The van der Waals surface area contributed by atoms with E-state index in [1.165, 1.54) is 7.11 Å². The van der Waals surface area contributed by atoms with Gasteiger partial charge in [0.25, 0.3) is 5.91 Å². The van der Waals surface area contributed by atoms with Gasteiger partial charge in [-0.2, -0.15) is 0 Å². The van der Waals surface area contributed by atoms with Gasteiger partial charge in [0, 0.05) is 35.9 Å². The molecule has 9 nitrogen and oxygen atoms in total. The molecule has 10 heteroatoms. The van der Waals surface area contributed by atoms with Crippen molar-refractivity contribution in [2.45, 2.75) is 38.5 Å². The van der Waals surface area contributed by atoms with E-state index >= 15 is 0 Å². The fourth-order valence-electron chi connectivity index (χ4n) is 4.68. The quantitative estimate of drug-likeness (QED) is 0.178. The zero-order chi connectivity index (χ0) is 30.7. The topological polar surface area (TPSA) is 111 Å². The lowest BCUT2D eigenvalue weighted by atomic mass is 10.0. The molecule has 0 radical (unpaired) electrons. The highest BCUT2D eigenvalue weighted by Gasteiger charge is 2.19. The third-order valence-corrected chi connectivity index (χ3v) is 7.98. The molecule has 0 bridgehead atoms. The van der Waals surface area contributed by atoms with Gasteiger partial charge < -0.3 is 14.4 Å². The first kappa shape index (κ1) is 31.7. The minimum Gasteiger partial charge on any atom is -0.496 e. The van der Waals surface area contributed by atoms with Crippen molar-refractivity contribution in [1.82, 2.24) is 14.7 Å². The zero-order valence-corrected chi connectivity index (χ0v) is 25.6. The van der Waals surface area contributed by atoms with Crippen LogP contribution in [0.25, 0.3) is 22.5 Å². The first-order chi connectivity index (χ1) is 20.8. The molecule has 0 atom stereocenters. The van der Waals surface area contributed by atoms with Gasteiger partial charge in [0.2, 0.25) is 10.0 Å². The number of amides is 1. The first-order valence-electron chi connectivity index (χ1n) is 14.2. The molecule has 226 valence electrons. The fourth-order valence-corrected chi connectivity index (χ4v) is 5.80. The smallest absolute Gasteiger partial charge is 0.259 e. The molecular weight excluding hydrogens is 564 g/mol. The number of sulfonamides is 1. The molecule has 0 aliphatic heterocycles. The average molecular weight is 603 g/mol. The summed E-state index contributed by atoms with van der Waals surface area (Å²) in [6.45, 7) is 4.92. The van der Waals surface area contributed by atoms with Gasteiger partial charge in [-0.05, 0) is 32.8 Å². The maximum atomic E-state index is 12.4. The average Bonchev–Trinajstić information content (AvgIpc) is 3.01. The van der Waals surface area contributed by atoms with Crippen LogP contribution in [-0.4, -0.2) is 57.2 Å². The number of aromatic nitrogens is 2. The van der Waals surface area contributed by atoms with E-state index in [2.05, 4.69) is 23.5 Å². The Kier molecular flexibility index (Phi) is 11.2. The Morgan fingerprint density at radius 3 is 2.16 bits per heavy atom. The predicted octanol–water partition coefficient (Wildman–Crippen LogP) is 5.48. The van der Waals surface area contributed by atoms with Gasteiger partial charge in [0.1, 0.15) is 18.2 Å². The molecule has 0 spiro atoms. The summed E-state index contributed by atoms with van der Waals surface area (Å²) in [5.74, 6) is 0.158. The fraction of sp³-hybridized carbons (Fsp3) is 0.303. The van der Waals surface area contributed by atoms with Gasteiger partial charge in [0.15, 0.2) is 0 Å². The molecule has 0 aliphatic carbocycles. The summed E-state index contributed by atoms with van der Waals surface area (Å²) in [6.07, 6.45) is 3.29. The standard InChI is InChI=1S/C33H38N4O5S/c1-25(2)37(30-22-34-32(26-14-6-4-7-15-26)33(35-30)27-16-8-5-9-17-27)20-12-13-21-42-23-31(38)36-43(39,40)24-28-18-10-11-19-29(28)41-3/h4-11,14-19,22,25H,12-13,20-21,23-24H2,1-3H3,(H,36,38). The molecule has 1 amide bonds. The Hall–Kier alpha value is -4.28. The SMILES string of the molecule is COc1ccccc1CS(=O)(=O)NC(=O)COCCCCN(c1cnc(-c2ccccc2)c(-c2ccccc2)n1)C(C)C. The van der Waals surface area contributed by atoms with E-state index in [0.29, 0.717) is 30.9 Å². The molecule has 0 fully saturated rings. The molecule has 0 aliphatic rings. The second-order valence-corrected chi connectivity index (χ2v) is 12.0. The number of carbonyl (C=O) groups excluding carboxylic acids is 1. The Morgan fingerprint density at radius 2 is 1.51 bits per heavy atom. The number of nitrogens with one attached hydrogen (secondary N) is 1. The number of unbranched alkanes of at least 4 members (excludes halogenated alkanes) is 1.